The molecule has 0 saturated carbocycles. The van der Waals surface area contributed by atoms with Crippen LogP contribution in [0.3, 0.4) is 0 Å². The molecule has 0 radical (unpaired) electrons. The Hall–Kier alpha value is -0.300. The third-order valence-electron chi connectivity index (χ3n) is 2.44. The first-order valence-electron chi connectivity index (χ1n) is 5.41. The second-order valence-corrected chi connectivity index (χ2v) is 5.39. The van der Waals surface area contributed by atoms with Crippen LogP contribution in [0.15, 0.2) is 24.5 Å². The van der Waals surface area contributed by atoms with E-state index < -0.39 is 6.67 Å². The van der Waals surface area contributed by atoms with E-state index in [0.29, 0.717) is 32.0 Å². The Labute approximate surface area is 119 Å². The van der Waals surface area contributed by atoms with Crippen LogP contribution in [0.25, 0.3) is 5.65 Å². The summed E-state index contributed by atoms with van der Waals surface area (Å²) in [4.78, 5) is 4.15. The summed E-state index contributed by atoms with van der Waals surface area (Å²) in [7, 11) is 0. The van der Waals surface area contributed by atoms with E-state index in [2.05, 4.69) is 27.0 Å². The maximum absolute atomic E-state index is 12.6. The zero-order chi connectivity index (χ0) is 12.8. The highest BCUT2D eigenvalue weighted by Gasteiger charge is 2.03. The van der Waals surface area contributed by atoms with Gasteiger partial charge < -0.3 is 13.7 Å². The number of imidazole rings is 1. The molecule has 2 aromatic rings. The van der Waals surface area contributed by atoms with Gasteiger partial charge in [-0.3, -0.25) is 0 Å². The summed E-state index contributed by atoms with van der Waals surface area (Å²) in [5, 5.41) is 0. The van der Waals surface area contributed by atoms with Gasteiger partial charge in [-0.1, -0.05) is 0 Å². The van der Waals surface area contributed by atoms with Gasteiger partial charge in [0.1, 0.15) is 12.3 Å². The molecule has 7 heteroatoms. The number of halogens is 2. The molecule has 0 aliphatic heterocycles. The van der Waals surface area contributed by atoms with Crippen molar-refractivity contribution >= 4 is 34.1 Å². The van der Waals surface area contributed by atoms with Crippen LogP contribution in [0.4, 0.5) is 4.39 Å². The lowest BCUT2D eigenvalue weighted by atomic mass is 10.3. The first kappa shape index (κ1) is 14.1. The molecule has 0 fully saturated rings. The van der Waals surface area contributed by atoms with Gasteiger partial charge in [-0.05, 0) is 39.7 Å². The van der Waals surface area contributed by atoms with Gasteiger partial charge >= 0.3 is 0 Å². The molecule has 0 bridgehead atoms. The minimum absolute atomic E-state index is 0.466. The number of rotatable bonds is 7. The van der Waals surface area contributed by atoms with Crippen molar-refractivity contribution in [3.8, 4) is 0 Å². The lowest BCUT2D eigenvalue weighted by Gasteiger charge is -2.05. The minimum atomic E-state index is -0.509. The van der Waals surface area contributed by atoms with Crippen molar-refractivity contribution in [3.05, 3.63) is 35.8 Å². The summed E-state index contributed by atoms with van der Waals surface area (Å²) in [6, 6.07) is 3.81. The molecule has 0 aromatic carbocycles. The van der Waals surface area contributed by atoms with Crippen molar-refractivity contribution in [2.75, 3.05) is 13.2 Å². The van der Waals surface area contributed by atoms with Crippen molar-refractivity contribution in [1.29, 1.82) is 0 Å². The molecular formula is C11H13FIN2O2P. The summed E-state index contributed by atoms with van der Waals surface area (Å²) in [5.41, 5.74) is 2.33. The van der Waals surface area contributed by atoms with Crippen LogP contribution < -0.4 is 0 Å². The molecule has 2 heterocycles. The molecule has 0 aliphatic carbocycles. The molecule has 4 nitrogen and oxygen atoms in total. The van der Waals surface area contributed by atoms with E-state index >= 15 is 0 Å². The average molecular weight is 382 g/mol. The van der Waals surface area contributed by atoms with Crippen LogP contribution in [-0.2, 0) is 22.5 Å². The van der Waals surface area contributed by atoms with Crippen molar-refractivity contribution in [2.24, 2.45) is 0 Å². The summed E-state index contributed by atoms with van der Waals surface area (Å²) < 4.78 is 25.0. The second-order valence-electron chi connectivity index (χ2n) is 3.62. The van der Waals surface area contributed by atoms with Crippen LogP contribution >= 0.6 is 28.5 Å². The fraction of sp³-hybridized carbons (Fsp3) is 0.364. The molecular weight excluding hydrogens is 369 g/mol. The van der Waals surface area contributed by atoms with Crippen molar-refractivity contribution < 1.29 is 13.7 Å². The number of nitrogens with zero attached hydrogens (tertiary/aromatic N) is 2. The second kappa shape index (κ2) is 7.33. The van der Waals surface area contributed by atoms with Gasteiger partial charge in [0.05, 0.1) is 38.2 Å². The molecule has 1 atom stereocenters. The van der Waals surface area contributed by atoms with Crippen LogP contribution in [-0.4, -0.2) is 22.6 Å². The zero-order valence-electron chi connectivity index (χ0n) is 9.60. The predicted molar refractivity (Wildman–Crippen MR) is 77.9 cm³/mol. The number of alkyl halides is 1. The van der Waals surface area contributed by atoms with Crippen LogP contribution in [0, 0.1) is 0 Å². The highest BCUT2D eigenvalue weighted by molar-refractivity contribution is 14.2. The van der Waals surface area contributed by atoms with E-state index in [1.807, 2.05) is 18.3 Å². The van der Waals surface area contributed by atoms with E-state index in [-0.39, 0.29) is 0 Å². The lowest BCUT2D eigenvalue weighted by molar-refractivity contribution is 0.0946. The van der Waals surface area contributed by atoms with Gasteiger partial charge in [-0.25, -0.2) is 9.37 Å². The molecule has 0 N–H and O–H groups in total. The van der Waals surface area contributed by atoms with E-state index in [1.54, 1.807) is 10.6 Å². The molecule has 98 valence electrons. The Morgan fingerprint density at radius 1 is 1.44 bits per heavy atom. The molecule has 2 aromatic heterocycles. The Morgan fingerprint density at radius 2 is 2.33 bits per heavy atom. The Bertz CT molecular complexity index is 509. The van der Waals surface area contributed by atoms with E-state index in [0.717, 1.165) is 11.2 Å². The highest BCUT2D eigenvalue weighted by Crippen LogP contribution is 2.21. The zero-order valence-corrected chi connectivity index (χ0v) is 12.8. The maximum atomic E-state index is 12.6. The summed E-state index contributed by atoms with van der Waals surface area (Å²) in [5.74, 6) is 0. The summed E-state index contributed by atoms with van der Waals surface area (Å²) >= 11 is 2.17. The normalized spacial score (nSPS) is 11.9. The summed E-state index contributed by atoms with van der Waals surface area (Å²) in [6.45, 7) is 1.66. The SMILES string of the molecule is FCc1cnc2cc(COCCOPI)ccn12. The molecule has 0 saturated heterocycles. The monoisotopic (exact) mass is 382 g/mol. The molecule has 2 rings (SSSR count). The number of ether oxygens (including phenoxy) is 1. The number of fused-ring (bicyclic) bond motifs is 1. The summed E-state index contributed by atoms with van der Waals surface area (Å²) in [6.07, 6.45) is 3.37. The maximum Gasteiger partial charge on any atom is 0.137 e. The van der Waals surface area contributed by atoms with Gasteiger partial charge in [-0.2, -0.15) is 0 Å². The smallest absolute Gasteiger partial charge is 0.137 e. The molecule has 1 unspecified atom stereocenters. The van der Waals surface area contributed by atoms with Crippen molar-refractivity contribution in [3.63, 3.8) is 0 Å². The first-order valence-corrected chi connectivity index (χ1v) is 9.43. The quantitative estimate of drug-likeness (QED) is 0.419. The Morgan fingerprint density at radius 3 is 3.11 bits per heavy atom. The fourth-order valence-corrected chi connectivity index (χ4v) is 2.41. The van der Waals surface area contributed by atoms with Gasteiger partial charge in [0.15, 0.2) is 0 Å². The predicted octanol–water partition coefficient (Wildman–Crippen LogP) is 3.28. The number of pyridine rings is 1. The van der Waals surface area contributed by atoms with Gasteiger partial charge in [-0.15, -0.1) is 0 Å². The van der Waals surface area contributed by atoms with Gasteiger partial charge in [0, 0.05) is 6.20 Å². The minimum Gasteiger partial charge on any atom is -0.374 e. The van der Waals surface area contributed by atoms with Gasteiger partial charge in [0.25, 0.3) is 0 Å². The first-order chi connectivity index (χ1) is 8.85. The van der Waals surface area contributed by atoms with Crippen LogP contribution in [0.1, 0.15) is 11.3 Å². The van der Waals surface area contributed by atoms with E-state index in [9.17, 15) is 4.39 Å². The topological polar surface area (TPSA) is 35.8 Å². The Kier molecular flexibility index (Phi) is 5.75. The number of hydrogen-bond donors (Lipinski definition) is 0. The van der Waals surface area contributed by atoms with E-state index in [1.165, 1.54) is 0 Å². The standard InChI is InChI=1S/C11H13FIN2O2P/c12-6-10-7-14-11-5-9(1-2-15(10)11)8-16-3-4-17-18-13/h1-2,5,7,18H,3-4,6,8H2. The molecule has 0 spiro atoms. The third kappa shape index (κ3) is 3.60. The molecule has 0 aliphatic rings. The Balaban J connectivity index is 1.94. The van der Waals surface area contributed by atoms with Gasteiger partial charge in [0.2, 0.25) is 0 Å². The van der Waals surface area contributed by atoms with Crippen molar-refractivity contribution in [1.82, 2.24) is 9.38 Å². The lowest BCUT2D eigenvalue weighted by Crippen LogP contribution is -2.01. The van der Waals surface area contributed by atoms with E-state index in [4.69, 9.17) is 9.26 Å². The van der Waals surface area contributed by atoms with Crippen LogP contribution in [0.5, 0.6) is 0 Å². The number of aromatic nitrogens is 2. The number of hydrogen-bond acceptors (Lipinski definition) is 3. The van der Waals surface area contributed by atoms with Crippen LogP contribution in [0.2, 0.25) is 0 Å². The third-order valence-corrected chi connectivity index (χ3v) is 3.69. The van der Waals surface area contributed by atoms with Crippen molar-refractivity contribution in [2.45, 2.75) is 13.3 Å². The average Bonchev–Trinajstić information content (AvgIpc) is 2.80. The molecule has 0 amide bonds. The fourth-order valence-electron chi connectivity index (χ4n) is 1.59. The highest BCUT2D eigenvalue weighted by atomic mass is 127. The molecule has 18 heavy (non-hydrogen) atoms. The largest absolute Gasteiger partial charge is 0.374 e.